The monoisotopic (exact) mass is 354 g/mol. The number of hydrogen-bond donors (Lipinski definition) is 2. The fourth-order valence-corrected chi connectivity index (χ4v) is 3.41. The van der Waals surface area contributed by atoms with Crippen molar-refractivity contribution in [3.63, 3.8) is 0 Å². The number of aliphatic hydroxyl groups excluding tert-OH is 1. The minimum Gasteiger partial charge on any atom is -0.392 e. The Morgan fingerprint density at radius 2 is 1.54 bits per heavy atom. The number of piperazine rings is 1. The zero-order chi connectivity index (χ0) is 18.6. The van der Waals surface area contributed by atoms with Crippen LogP contribution in [0.4, 0.5) is 0 Å². The average Bonchev–Trinajstić information content (AvgIpc) is 2.69. The standard InChI is InChI=1S/C21H26N2O3/c1-21(26,19-9-3-2-4-10-19)20(25)23-13-11-22(12-14-23)15-17-7-5-6-8-18(17)16-24/h2-10,24,26H,11-16H2,1H3. The molecule has 0 aromatic heterocycles. The van der Waals surface area contributed by atoms with Gasteiger partial charge in [-0.25, -0.2) is 0 Å². The molecule has 0 bridgehead atoms. The summed E-state index contributed by atoms with van der Waals surface area (Å²) in [6, 6.07) is 17.0. The molecule has 3 rings (SSSR count). The van der Waals surface area contributed by atoms with Crippen LogP contribution in [0, 0.1) is 0 Å². The summed E-state index contributed by atoms with van der Waals surface area (Å²) < 4.78 is 0. The molecule has 26 heavy (non-hydrogen) atoms. The third-order valence-electron chi connectivity index (χ3n) is 5.09. The number of aliphatic hydroxyl groups is 2. The van der Waals surface area contributed by atoms with Gasteiger partial charge in [-0.05, 0) is 23.6 Å². The van der Waals surface area contributed by atoms with Crippen LogP contribution in [0.25, 0.3) is 0 Å². The van der Waals surface area contributed by atoms with Gasteiger partial charge in [-0.3, -0.25) is 9.69 Å². The first-order valence-corrected chi connectivity index (χ1v) is 8.99. The first kappa shape index (κ1) is 18.6. The molecular formula is C21H26N2O3. The minimum absolute atomic E-state index is 0.0363. The van der Waals surface area contributed by atoms with Gasteiger partial charge in [-0.15, -0.1) is 0 Å². The van der Waals surface area contributed by atoms with Gasteiger partial charge in [0.2, 0.25) is 0 Å². The summed E-state index contributed by atoms with van der Waals surface area (Å²) in [4.78, 5) is 16.8. The van der Waals surface area contributed by atoms with Gasteiger partial charge in [0.05, 0.1) is 6.61 Å². The van der Waals surface area contributed by atoms with Crippen LogP contribution in [0.3, 0.4) is 0 Å². The highest BCUT2D eigenvalue weighted by Gasteiger charge is 2.37. The highest BCUT2D eigenvalue weighted by molar-refractivity contribution is 5.86. The molecule has 1 fully saturated rings. The highest BCUT2D eigenvalue weighted by atomic mass is 16.3. The predicted molar refractivity (Wildman–Crippen MR) is 100 cm³/mol. The molecule has 1 amide bonds. The second-order valence-corrected chi connectivity index (χ2v) is 6.93. The number of rotatable bonds is 5. The smallest absolute Gasteiger partial charge is 0.258 e. The lowest BCUT2D eigenvalue weighted by molar-refractivity contribution is -0.152. The lowest BCUT2D eigenvalue weighted by Gasteiger charge is -2.38. The Hall–Kier alpha value is -2.21. The maximum absolute atomic E-state index is 12.8. The SMILES string of the molecule is CC(O)(C(=O)N1CCN(Cc2ccccc2CO)CC1)c1ccccc1. The maximum atomic E-state index is 12.8. The van der Waals surface area contributed by atoms with Gasteiger partial charge in [0.15, 0.2) is 5.60 Å². The number of carbonyl (C=O) groups is 1. The summed E-state index contributed by atoms with van der Waals surface area (Å²) in [6.07, 6.45) is 0. The third-order valence-corrected chi connectivity index (χ3v) is 5.09. The second-order valence-electron chi connectivity index (χ2n) is 6.93. The maximum Gasteiger partial charge on any atom is 0.258 e. The van der Waals surface area contributed by atoms with E-state index in [2.05, 4.69) is 4.90 Å². The molecule has 1 aliphatic heterocycles. The van der Waals surface area contributed by atoms with E-state index >= 15 is 0 Å². The fourth-order valence-electron chi connectivity index (χ4n) is 3.41. The summed E-state index contributed by atoms with van der Waals surface area (Å²) in [7, 11) is 0. The molecule has 2 N–H and O–H groups in total. The molecule has 0 radical (unpaired) electrons. The van der Waals surface area contributed by atoms with Crippen molar-refractivity contribution in [3.8, 4) is 0 Å². The molecule has 1 unspecified atom stereocenters. The Bertz CT molecular complexity index is 738. The Morgan fingerprint density at radius 1 is 0.962 bits per heavy atom. The predicted octanol–water partition coefficient (Wildman–Crippen LogP) is 1.73. The number of carbonyl (C=O) groups excluding carboxylic acids is 1. The summed E-state index contributed by atoms with van der Waals surface area (Å²) >= 11 is 0. The molecule has 0 spiro atoms. The van der Waals surface area contributed by atoms with Crippen molar-refractivity contribution in [2.45, 2.75) is 25.7 Å². The van der Waals surface area contributed by atoms with Crippen molar-refractivity contribution in [3.05, 3.63) is 71.3 Å². The zero-order valence-electron chi connectivity index (χ0n) is 15.1. The molecule has 5 nitrogen and oxygen atoms in total. The quantitative estimate of drug-likeness (QED) is 0.858. The normalized spacial score (nSPS) is 17.7. The lowest BCUT2D eigenvalue weighted by atomic mass is 9.94. The molecule has 2 aromatic rings. The van der Waals surface area contributed by atoms with Gasteiger partial charge in [0.25, 0.3) is 5.91 Å². The molecule has 2 aromatic carbocycles. The van der Waals surface area contributed by atoms with Crippen LogP contribution < -0.4 is 0 Å². The molecule has 138 valence electrons. The van der Waals surface area contributed by atoms with Crippen LogP contribution in [0.5, 0.6) is 0 Å². The van der Waals surface area contributed by atoms with Gasteiger partial charge >= 0.3 is 0 Å². The molecule has 1 saturated heterocycles. The van der Waals surface area contributed by atoms with Crippen LogP contribution in [0.2, 0.25) is 0 Å². The van der Waals surface area contributed by atoms with Gasteiger partial charge < -0.3 is 15.1 Å². The lowest BCUT2D eigenvalue weighted by Crippen LogP contribution is -2.53. The van der Waals surface area contributed by atoms with Crippen LogP contribution in [-0.4, -0.2) is 52.1 Å². The van der Waals surface area contributed by atoms with Gasteiger partial charge in [-0.1, -0.05) is 54.6 Å². The van der Waals surface area contributed by atoms with Crippen molar-refractivity contribution in [1.82, 2.24) is 9.80 Å². The van der Waals surface area contributed by atoms with E-state index in [1.165, 1.54) is 0 Å². The topological polar surface area (TPSA) is 64.0 Å². The van der Waals surface area contributed by atoms with Crippen LogP contribution in [0.1, 0.15) is 23.6 Å². The van der Waals surface area contributed by atoms with Crippen molar-refractivity contribution in [2.75, 3.05) is 26.2 Å². The minimum atomic E-state index is -1.51. The van der Waals surface area contributed by atoms with E-state index < -0.39 is 5.60 Å². The number of amides is 1. The van der Waals surface area contributed by atoms with E-state index in [1.807, 2.05) is 42.5 Å². The second kappa shape index (κ2) is 7.99. The van der Waals surface area contributed by atoms with E-state index in [0.717, 1.165) is 30.8 Å². The molecule has 1 heterocycles. The van der Waals surface area contributed by atoms with E-state index in [0.29, 0.717) is 18.7 Å². The molecule has 5 heteroatoms. The van der Waals surface area contributed by atoms with Crippen molar-refractivity contribution < 1.29 is 15.0 Å². The highest BCUT2D eigenvalue weighted by Crippen LogP contribution is 2.24. The summed E-state index contributed by atoms with van der Waals surface area (Å²) in [5, 5.41) is 20.2. The zero-order valence-corrected chi connectivity index (χ0v) is 15.1. The molecule has 1 atom stereocenters. The summed E-state index contributed by atoms with van der Waals surface area (Å²) in [6.45, 7) is 5.02. The van der Waals surface area contributed by atoms with E-state index in [9.17, 15) is 15.0 Å². The number of benzene rings is 2. The van der Waals surface area contributed by atoms with Crippen molar-refractivity contribution in [2.24, 2.45) is 0 Å². The van der Waals surface area contributed by atoms with Crippen molar-refractivity contribution >= 4 is 5.91 Å². The van der Waals surface area contributed by atoms with E-state index in [-0.39, 0.29) is 12.5 Å². The third kappa shape index (κ3) is 3.96. The Labute approximate surface area is 154 Å². The largest absolute Gasteiger partial charge is 0.392 e. The van der Waals surface area contributed by atoms with E-state index in [4.69, 9.17) is 0 Å². The van der Waals surface area contributed by atoms with Gasteiger partial charge in [0, 0.05) is 32.7 Å². The van der Waals surface area contributed by atoms with Crippen molar-refractivity contribution in [1.29, 1.82) is 0 Å². The molecule has 1 aliphatic rings. The Balaban J connectivity index is 1.60. The van der Waals surface area contributed by atoms with Crippen LogP contribution >= 0.6 is 0 Å². The fraction of sp³-hybridized carbons (Fsp3) is 0.381. The molecule has 0 aliphatic carbocycles. The van der Waals surface area contributed by atoms with Gasteiger partial charge in [0.1, 0.15) is 0 Å². The molecular weight excluding hydrogens is 328 g/mol. The van der Waals surface area contributed by atoms with Gasteiger partial charge in [-0.2, -0.15) is 0 Å². The Kier molecular flexibility index (Phi) is 5.71. The van der Waals surface area contributed by atoms with Crippen LogP contribution in [0.15, 0.2) is 54.6 Å². The number of nitrogens with zero attached hydrogens (tertiary/aromatic N) is 2. The summed E-state index contributed by atoms with van der Waals surface area (Å²) in [5.41, 5.74) is 1.17. The number of hydrogen-bond acceptors (Lipinski definition) is 4. The Morgan fingerprint density at radius 3 is 2.15 bits per heavy atom. The van der Waals surface area contributed by atoms with E-state index in [1.54, 1.807) is 24.0 Å². The van der Waals surface area contributed by atoms with Crippen LogP contribution in [-0.2, 0) is 23.5 Å². The summed E-state index contributed by atoms with van der Waals surface area (Å²) in [5.74, 6) is -0.251. The first-order valence-electron chi connectivity index (χ1n) is 8.99. The first-order chi connectivity index (χ1) is 12.5. The molecule has 0 saturated carbocycles. The average molecular weight is 354 g/mol.